The molecular weight excluding hydrogens is 406 g/mol. The van der Waals surface area contributed by atoms with E-state index in [1.54, 1.807) is 11.3 Å². The Hall–Kier alpha value is -2.12. The van der Waals surface area contributed by atoms with Crippen LogP contribution in [0.4, 0.5) is 5.13 Å². The fourth-order valence-electron chi connectivity index (χ4n) is 3.72. The molecule has 3 aromatic rings. The highest BCUT2D eigenvalue weighted by Gasteiger charge is 2.28. The molecule has 8 heteroatoms. The Balaban J connectivity index is 1.55. The standard InChI is InChI=1S/C21H26ClN5OS/c1-3-4-11-23-20(28)15-6-5-12-26(13-15)21-24-19-18(29-21)14(2)25-27(19)17-9-7-16(22)8-10-17/h7-10,15H,3-6,11-13H2,1-2H3,(H,23,28)/t15-/m1/s1. The molecule has 0 aliphatic carbocycles. The summed E-state index contributed by atoms with van der Waals surface area (Å²) in [6.45, 7) is 6.57. The van der Waals surface area contributed by atoms with Crippen molar-refractivity contribution in [2.24, 2.45) is 5.92 Å². The molecule has 1 amide bonds. The summed E-state index contributed by atoms with van der Waals surface area (Å²) in [6, 6.07) is 7.62. The van der Waals surface area contributed by atoms with Crippen molar-refractivity contribution in [3.05, 3.63) is 35.0 Å². The second kappa shape index (κ2) is 8.71. The minimum atomic E-state index is 0.0291. The number of amides is 1. The van der Waals surface area contributed by atoms with Gasteiger partial charge >= 0.3 is 0 Å². The van der Waals surface area contributed by atoms with Gasteiger partial charge in [0, 0.05) is 24.7 Å². The second-order valence-electron chi connectivity index (χ2n) is 7.55. The first kappa shape index (κ1) is 20.2. The third kappa shape index (κ3) is 4.26. The number of aromatic nitrogens is 3. The first-order valence-corrected chi connectivity index (χ1v) is 11.4. The van der Waals surface area contributed by atoms with Crippen LogP contribution in [0.2, 0.25) is 5.02 Å². The lowest BCUT2D eigenvalue weighted by Gasteiger charge is -2.31. The molecule has 0 radical (unpaired) electrons. The summed E-state index contributed by atoms with van der Waals surface area (Å²) in [6.07, 6.45) is 4.06. The maximum absolute atomic E-state index is 12.5. The predicted octanol–water partition coefficient (Wildman–Crippen LogP) is 4.58. The highest BCUT2D eigenvalue weighted by atomic mass is 35.5. The summed E-state index contributed by atoms with van der Waals surface area (Å²) in [5.41, 5.74) is 2.76. The number of carbonyl (C=O) groups excluding carboxylic acids is 1. The summed E-state index contributed by atoms with van der Waals surface area (Å²) >= 11 is 7.68. The Bertz CT molecular complexity index is 997. The summed E-state index contributed by atoms with van der Waals surface area (Å²) < 4.78 is 2.96. The highest BCUT2D eigenvalue weighted by Crippen LogP contribution is 2.34. The van der Waals surface area contributed by atoms with Crippen LogP contribution in [0.5, 0.6) is 0 Å². The number of nitrogens with zero attached hydrogens (tertiary/aromatic N) is 4. The number of carbonyl (C=O) groups is 1. The van der Waals surface area contributed by atoms with Gasteiger partial charge in [-0.25, -0.2) is 4.68 Å². The van der Waals surface area contributed by atoms with Gasteiger partial charge in [0.15, 0.2) is 10.8 Å². The van der Waals surface area contributed by atoms with Crippen molar-refractivity contribution < 1.29 is 4.79 Å². The van der Waals surface area contributed by atoms with E-state index in [-0.39, 0.29) is 11.8 Å². The van der Waals surface area contributed by atoms with E-state index in [4.69, 9.17) is 16.6 Å². The van der Waals surface area contributed by atoms with Crippen LogP contribution in [0, 0.1) is 12.8 Å². The van der Waals surface area contributed by atoms with Gasteiger partial charge in [0.2, 0.25) is 5.91 Å². The predicted molar refractivity (Wildman–Crippen MR) is 119 cm³/mol. The maximum Gasteiger partial charge on any atom is 0.224 e. The fraction of sp³-hybridized carbons (Fsp3) is 0.476. The van der Waals surface area contributed by atoms with Crippen molar-refractivity contribution in [3.63, 3.8) is 0 Å². The molecule has 3 heterocycles. The Labute approximate surface area is 179 Å². The van der Waals surface area contributed by atoms with Crippen molar-refractivity contribution in [1.82, 2.24) is 20.1 Å². The largest absolute Gasteiger partial charge is 0.356 e. The number of anilines is 1. The van der Waals surface area contributed by atoms with Crippen LogP contribution in [0.1, 0.15) is 38.3 Å². The van der Waals surface area contributed by atoms with E-state index >= 15 is 0 Å². The molecule has 1 fully saturated rings. The van der Waals surface area contributed by atoms with Crippen molar-refractivity contribution in [2.75, 3.05) is 24.5 Å². The van der Waals surface area contributed by atoms with Crippen molar-refractivity contribution in [1.29, 1.82) is 0 Å². The molecule has 4 rings (SSSR count). The van der Waals surface area contributed by atoms with E-state index in [1.165, 1.54) is 0 Å². The van der Waals surface area contributed by atoms with Crippen LogP contribution in [-0.4, -0.2) is 40.3 Å². The van der Waals surface area contributed by atoms with Crippen LogP contribution in [0.3, 0.4) is 0 Å². The number of nitrogens with one attached hydrogen (secondary N) is 1. The third-order valence-corrected chi connectivity index (χ3v) is 6.81. The van der Waals surface area contributed by atoms with Crippen LogP contribution in [0.25, 0.3) is 16.0 Å². The molecule has 1 aliphatic heterocycles. The molecule has 0 saturated carbocycles. The quantitative estimate of drug-likeness (QED) is 0.580. The molecule has 154 valence electrons. The molecule has 1 aliphatic rings. The Morgan fingerprint density at radius 1 is 1.34 bits per heavy atom. The summed E-state index contributed by atoms with van der Waals surface area (Å²) in [5.74, 6) is 0.203. The monoisotopic (exact) mass is 431 g/mol. The number of rotatable bonds is 6. The van der Waals surface area contributed by atoms with Crippen LogP contribution < -0.4 is 10.2 Å². The van der Waals surface area contributed by atoms with Gasteiger partial charge in [-0.1, -0.05) is 36.3 Å². The summed E-state index contributed by atoms with van der Waals surface area (Å²) in [7, 11) is 0. The number of hydrogen-bond acceptors (Lipinski definition) is 5. The van der Waals surface area contributed by atoms with Gasteiger partial charge in [-0.05, 0) is 50.5 Å². The van der Waals surface area contributed by atoms with E-state index in [0.717, 1.165) is 72.2 Å². The van der Waals surface area contributed by atoms with Gasteiger partial charge in [-0.3, -0.25) is 4.79 Å². The number of piperidine rings is 1. The highest BCUT2D eigenvalue weighted by molar-refractivity contribution is 7.22. The Kier molecular flexibility index (Phi) is 6.06. The maximum atomic E-state index is 12.5. The normalized spacial score (nSPS) is 17.1. The second-order valence-corrected chi connectivity index (χ2v) is 8.97. The van der Waals surface area contributed by atoms with E-state index in [9.17, 15) is 4.79 Å². The van der Waals surface area contributed by atoms with Crippen molar-refractivity contribution in [2.45, 2.75) is 39.5 Å². The average molecular weight is 432 g/mol. The topological polar surface area (TPSA) is 63.1 Å². The fourth-order valence-corrected chi connectivity index (χ4v) is 4.87. The molecule has 2 aromatic heterocycles. The minimum Gasteiger partial charge on any atom is -0.356 e. The van der Waals surface area contributed by atoms with Gasteiger partial charge in [0.25, 0.3) is 0 Å². The molecule has 29 heavy (non-hydrogen) atoms. The zero-order valence-electron chi connectivity index (χ0n) is 16.8. The number of benzene rings is 1. The lowest BCUT2D eigenvalue weighted by molar-refractivity contribution is -0.125. The first-order valence-electron chi connectivity index (χ1n) is 10.2. The number of thiazole rings is 1. The zero-order chi connectivity index (χ0) is 20.4. The molecule has 0 unspecified atom stereocenters. The summed E-state index contributed by atoms with van der Waals surface area (Å²) in [4.78, 5) is 19.7. The van der Waals surface area contributed by atoms with E-state index < -0.39 is 0 Å². The Morgan fingerprint density at radius 2 is 2.14 bits per heavy atom. The van der Waals surface area contributed by atoms with E-state index in [2.05, 4.69) is 22.2 Å². The molecule has 1 aromatic carbocycles. The third-order valence-electron chi connectivity index (χ3n) is 5.34. The van der Waals surface area contributed by atoms with Crippen LogP contribution in [0.15, 0.2) is 24.3 Å². The lowest BCUT2D eigenvalue weighted by atomic mass is 9.97. The molecule has 0 spiro atoms. The zero-order valence-corrected chi connectivity index (χ0v) is 18.4. The van der Waals surface area contributed by atoms with Gasteiger partial charge in [-0.2, -0.15) is 10.1 Å². The minimum absolute atomic E-state index is 0.0291. The number of halogens is 1. The van der Waals surface area contributed by atoms with E-state index in [0.29, 0.717) is 5.02 Å². The molecule has 6 nitrogen and oxygen atoms in total. The van der Waals surface area contributed by atoms with Gasteiger partial charge in [-0.15, -0.1) is 0 Å². The molecule has 1 N–H and O–H groups in total. The average Bonchev–Trinajstić information content (AvgIpc) is 3.30. The van der Waals surface area contributed by atoms with Gasteiger partial charge < -0.3 is 10.2 Å². The van der Waals surface area contributed by atoms with Crippen LogP contribution in [-0.2, 0) is 4.79 Å². The number of fused-ring (bicyclic) bond motifs is 1. The van der Waals surface area contributed by atoms with Crippen molar-refractivity contribution >= 4 is 44.3 Å². The van der Waals surface area contributed by atoms with E-state index in [1.807, 2.05) is 35.9 Å². The lowest BCUT2D eigenvalue weighted by Crippen LogP contribution is -2.43. The first-order chi connectivity index (χ1) is 14.1. The van der Waals surface area contributed by atoms with Crippen LogP contribution >= 0.6 is 22.9 Å². The summed E-state index contributed by atoms with van der Waals surface area (Å²) in [5, 5.41) is 9.41. The number of unbranched alkanes of at least 4 members (excludes halogenated alkanes) is 1. The molecule has 0 bridgehead atoms. The molecule has 1 saturated heterocycles. The van der Waals surface area contributed by atoms with Crippen molar-refractivity contribution in [3.8, 4) is 5.69 Å². The molecular formula is C21H26ClN5OS. The SMILES string of the molecule is CCCCNC(=O)[C@@H]1CCCN(c2nc3c(s2)c(C)nn3-c2ccc(Cl)cc2)C1. The smallest absolute Gasteiger partial charge is 0.224 e. The molecule has 1 atom stereocenters. The number of aryl methyl sites for hydroxylation is 1. The van der Waals surface area contributed by atoms with Gasteiger partial charge in [0.05, 0.1) is 22.0 Å². The number of hydrogen-bond donors (Lipinski definition) is 1. The Morgan fingerprint density at radius 3 is 2.90 bits per heavy atom. The van der Waals surface area contributed by atoms with Gasteiger partial charge in [0.1, 0.15) is 0 Å².